The van der Waals surface area contributed by atoms with Crippen molar-refractivity contribution in [2.24, 2.45) is 5.41 Å². The predicted octanol–water partition coefficient (Wildman–Crippen LogP) is 3.46. The van der Waals surface area contributed by atoms with Gasteiger partial charge in [0.25, 0.3) is 0 Å². The van der Waals surface area contributed by atoms with Crippen LogP contribution < -0.4 is 0 Å². The topological polar surface area (TPSA) is 20.2 Å². The monoisotopic (exact) mass is 194 g/mol. The fourth-order valence-electron chi connectivity index (χ4n) is 1.02. The van der Waals surface area contributed by atoms with E-state index in [0.717, 1.165) is 11.1 Å². The molecule has 0 bridgehead atoms. The molecule has 0 aromatic rings. The molecule has 0 aliphatic rings. The van der Waals surface area contributed by atoms with E-state index >= 15 is 0 Å². The Bertz CT molecular complexity index is 261. The highest BCUT2D eigenvalue weighted by Crippen LogP contribution is 2.26. The Morgan fingerprint density at radius 1 is 1.43 bits per heavy atom. The second-order valence-electron chi connectivity index (χ2n) is 4.79. The van der Waals surface area contributed by atoms with Crippen molar-refractivity contribution in [3.63, 3.8) is 0 Å². The smallest absolute Gasteiger partial charge is 0.0668 e. The van der Waals surface area contributed by atoms with E-state index in [-0.39, 0.29) is 11.5 Å². The van der Waals surface area contributed by atoms with Crippen molar-refractivity contribution in [3.05, 3.63) is 29.5 Å². The Hall–Kier alpha value is -0.780. The molecular formula is C13H22O. The summed E-state index contributed by atoms with van der Waals surface area (Å²) >= 11 is 0. The van der Waals surface area contributed by atoms with Gasteiger partial charge in [-0.15, -0.1) is 12.3 Å². The normalized spacial score (nSPS) is 13.0. The molecule has 1 atom stereocenters. The molecule has 0 spiro atoms. The fourth-order valence-corrected chi connectivity index (χ4v) is 1.02. The molecule has 0 aromatic heterocycles. The van der Waals surface area contributed by atoms with Crippen LogP contribution in [-0.2, 0) is 0 Å². The summed E-state index contributed by atoms with van der Waals surface area (Å²) < 4.78 is 0. The molecule has 0 heterocycles. The Balaban J connectivity index is 4.61. The molecule has 1 nitrogen and oxygen atoms in total. The fraction of sp³-hybridized carbons (Fsp3) is 0.615. The molecule has 0 fully saturated rings. The maximum atomic E-state index is 9.92. The van der Waals surface area contributed by atoms with Gasteiger partial charge in [0.05, 0.1) is 6.10 Å². The average molecular weight is 194 g/mol. The van der Waals surface area contributed by atoms with Crippen LogP contribution in [0.2, 0.25) is 0 Å². The van der Waals surface area contributed by atoms with Crippen molar-refractivity contribution in [3.8, 4) is 0 Å². The summed E-state index contributed by atoms with van der Waals surface area (Å²) in [5, 5.41) is 9.92. The molecule has 14 heavy (non-hydrogen) atoms. The lowest BCUT2D eigenvalue weighted by Gasteiger charge is -2.26. The number of hydrogen-bond acceptors (Lipinski definition) is 1. The van der Waals surface area contributed by atoms with Gasteiger partial charge in [0.15, 0.2) is 0 Å². The van der Waals surface area contributed by atoms with Crippen molar-refractivity contribution >= 4 is 0 Å². The molecule has 80 valence electrons. The van der Waals surface area contributed by atoms with E-state index in [1.54, 1.807) is 0 Å². The Morgan fingerprint density at radius 3 is 2.29 bits per heavy atom. The minimum absolute atomic E-state index is 0.240. The molecule has 0 aliphatic carbocycles. The molecule has 0 amide bonds. The summed E-state index contributed by atoms with van der Waals surface area (Å²) in [4.78, 5) is 0. The Morgan fingerprint density at radius 2 is 1.93 bits per heavy atom. The molecule has 0 saturated carbocycles. The minimum Gasteiger partial charge on any atom is -0.392 e. The lowest BCUT2D eigenvalue weighted by Crippen LogP contribution is -2.27. The molecular weight excluding hydrogens is 172 g/mol. The number of aliphatic hydroxyl groups is 1. The van der Waals surface area contributed by atoms with Crippen LogP contribution in [0.1, 0.15) is 41.0 Å². The van der Waals surface area contributed by atoms with Crippen LogP contribution in [0.5, 0.6) is 0 Å². The highest BCUT2D eigenvalue weighted by Gasteiger charge is 2.24. The van der Waals surface area contributed by atoms with Crippen LogP contribution in [0.25, 0.3) is 0 Å². The van der Waals surface area contributed by atoms with Gasteiger partial charge in [-0.3, -0.25) is 0 Å². The quantitative estimate of drug-likeness (QED) is 0.537. The van der Waals surface area contributed by atoms with E-state index in [4.69, 9.17) is 0 Å². The van der Waals surface area contributed by atoms with Crippen LogP contribution in [0, 0.1) is 5.41 Å². The minimum atomic E-state index is -0.383. The molecule has 0 radical (unpaired) electrons. The van der Waals surface area contributed by atoms with Crippen LogP contribution in [0.15, 0.2) is 29.5 Å². The highest BCUT2D eigenvalue weighted by atomic mass is 16.3. The third-order valence-corrected chi connectivity index (χ3v) is 2.13. The maximum Gasteiger partial charge on any atom is 0.0668 e. The van der Waals surface area contributed by atoms with Crippen molar-refractivity contribution in [1.82, 2.24) is 0 Å². The molecule has 1 heteroatoms. The number of aliphatic hydroxyl groups excluding tert-OH is 1. The van der Waals surface area contributed by atoms with Gasteiger partial charge >= 0.3 is 0 Å². The van der Waals surface area contributed by atoms with Gasteiger partial charge < -0.3 is 5.11 Å². The third-order valence-electron chi connectivity index (χ3n) is 2.13. The van der Waals surface area contributed by atoms with Crippen molar-refractivity contribution < 1.29 is 5.11 Å². The van der Waals surface area contributed by atoms with Gasteiger partial charge in [-0.25, -0.2) is 0 Å². The first-order valence-electron chi connectivity index (χ1n) is 4.99. The molecule has 1 unspecified atom stereocenters. The molecule has 0 aromatic carbocycles. The average Bonchev–Trinajstić information content (AvgIpc) is 1.99. The second-order valence-corrected chi connectivity index (χ2v) is 4.79. The van der Waals surface area contributed by atoms with E-state index in [1.165, 1.54) is 0 Å². The SMILES string of the molecule is C=C(C)CC(O)C(C)(C)C=C=C(C)C. The lowest BCUT2D eigenvalue weighted by atomic mass is 9.83. The van der Waals surface area contributed by atoms with Gasteiger partial charge in [-0.2, -0.15) is 0 Å². The van der Waals surface area contributed by atoms with Gasteiger partial charge in [0.2, 0.25) is 0 Å². The van der Waals surface area contributed by atoms with Gasteiger partial charge in [0, 0.05) is 5.41 Å². The van der Waals surface area contributed by atoms with Crippen LogP contribution in [0.3, 0.4) is 0 Å². The predicted molar refractivity (Wildman–Crippen MR) is 62.2 cm³/mol. The first kappa shape index (κ1) is 13.2. The van der Waals surface area contributed by atoms with Crippen LogP contribution in [-0.4, -0.2) is 11.2 Å². The van der Waals surface area contributed by atoms with E-state index in [2.05, 4.69) is 12.3 Å². The van der Waals surface area contributed by atoms with Gasteiger partial charge in [-0.1, -0.05) is 19.4 Å². The summed E-state index contributed by atoms with van der Waals surface area (Å²) in [6.45, 7) is 13.8. The Labute approximate surface area is 87.8 Å². The zero-order chi connectivity index (χ0) is 11.4. The van der Waals surface area contributed by atoms with Gasteiger partial charge in [-0.05, 0) is 38.8 Å². The number of rotatable bonds is 4. The summed E-state index contributed by atoms with van der Waals surface area (Å²) in [7, 11) is 0. The van der Waals surface area contributed by atoms with E-state index in [9.17, 15) is 5.11 Å². The molecule has 0 aliphatic heterocycles. The summed E-state index contributed by atoms with van der Waals surface area (Å²) in [6.07, 6.45) is 2.20. The summed E-state index contributed by atoms with van der Waals surface area (Å²) in [6, 6.07) is 0. The van der Waals surface area contributed by atoms with E-state index < -0.39 is 0 Å². The summed E-state index contributed by atoms with van der Waals surface area (Å²) in [5.74, 6) is 0. The zero-order valence-electron chi connectivity index (χ0n) is 10.0. The standard InChI is InChI=1S/C13H22O/c1-10(2)7-8-13(5,6)12(14)9-11(3)4/h8,12,14H,3,9H2,1-2,4-6H3. The zero-order valence-corrected chi connectivity index (χ0v) is 10.0. The lowest BCUT2D eigenvalue weighted by molar-refractivity contribution is 0.0825. The van der Waals surface area contributed by atoms with Crippen LogP contribution in [0.4, 0.5) is 0 Å². The third kappa shape index (κ3) is 5.06. The van der Waals surface area contributed by atoms with E-state index in [1.807, 2.05) is 40.7 Å². The second kappa shape index (κ2) is 5.19. The van der Waals surface area contributed by atoms with Gasteiger partial charge in [0.1, 0.15) is 0 Å². The first-order chi connectivity index (χ1) is 6.25. The maximum absolute atomic E-state index is 9.92. The van der Waals surface area contributed by atoms with Crippen molar-refractivity contribution in [2.45, 2.75) is 47.1 Å². The van der Waals surface area contributed by atoms with E-state index in [0.29, 0.717) is 6.42 Å². The molecule has 0 rings (SSSR count). The Kier molecular flexibility index (Phi) is 4.90. The summed E-state index contributed by atoms with van der Waals surface area (Å²) in [5.41, 5.74) is 5.04. The highest BCUT2D eigenvalue weighted by molar-refractivity contribution is 5.05. The van der Waals surface area contributed by atoms with Crippen LogP contribution >= 0.6 is 0 Å². The molecule has 0 saturated heterocycles. The number of hydrogen-bond donors (Lipinski definition) is 1. The first-order valence-corrected chi connectivity index (χ1v) is 4.99. The molecule has 1 N–H and O–H groups in total. The van der Waals surface area contributed by atoms with Crippen molar-refractivity contribution in [1.29, 1.82) is 0 Å². The van der Waals surface area contributed by atoms with Crippen molar-refractivity contribution in [2.75, 3.05) is 0 Å². The largest absolute Gasteiger partial charge is 0.392 e.